The molecule has 4 nitrogen and oxygen atoms in total. The van der Waals surface area contributed by atoms with Crippen molar-refractivity contribution in [2.45, 2.75) is 19.0 Å². The fourth-order valence-corrected chi connectivity index (χ4v) is 2.96. The fourth-order valence-electron chi connectivity index (χ4n) is 1.64. The van der Waals surface area contributed by atoms with Gasteiger partial charge in [-0.25, -0.2) is 0 Å². The van der Waals surface area contributed by atoms with Crippen molar-refractivity contribution < 1.29 is 4.74 Å². The van der Waals surface area contributed by atoms with E-state index in [1.54, 1.807) is 0 Å². The van der Waals surface area contributed by atoms with Crippen molar-refractivity contribution in [3.8, 4) is 0 Å². The molecule has 1 rings (SSSR count). The smallest absolute Gasteiger partial charge is 0.0648 e. The minimum Gasteiger partial charge on any atom is -0.380 e. The molecule has 0 saturated carbocycles. The predicted molar refractivity (Wildman–Crippen MR) is 61.3 cm³/mol. The average molecular weight is 219 g/mol. The van der Waals surface area contributed by atoms with Gasteiger partial charge in [0.05, 0.1) is 12.6 Å². The zero-order chi connectivity index (χ0) is 10.4. The van der Waals surface area contributed by atoms with E-state index in [-0.39, 0.29) is 6.04 Å². The van der Waals surface area contributed by atoms with Gasteiger partial charge >= 0.3 is 0 Å². The summed E-state index contributed by atoms with van der Waals surface area (Å²) in [4.78, 5) is 2.36. The average Bonchev–Trinajstić information content (AvgIpc) is 2.21. The minimum atomic E-state index is 0.243. The van der Waals surface area contributed by atoms with Crippen molar-refractivity contribution >= 4 is 11.8 Å². The van der Waals surface area contributed by atoms with Gasteiger partial charge in [-0.3, -0.25) is 11.3 Å². The molecule has 1 saturated heterocycles. The Kier molecular flexibility index (Phi) is 5.81. The molecule has 0 aromatic heterocycles. The lowest BCUT2D eigenvalue weighted by atomic mass is 10.1. The molecule has 84 valence electrons. The highest BCUT2D eigenvalue weighted by atomic mass is 32.2. The Balaban J connectivity index is 2.40. The summed E-state index contributed by atoms with van der Waals surface area (Å²) in [5.41, 5.74) is 2.86. The number of ether oxygens (including phenoxy) is 1. The van der Waals surface area contributed by atoms with Crippen LogP contribution in [0.1, 0.15) is 6.92 Å². The van der Waals surface area contributed by atoms with Gasteiger partial charge in [0.1, 0.15) is 0 Å². The van der Waals surface area contributed by atoms with Gasteiger partial charge < -0.3 is 9.64 Å². The Morgan fingerprint density at radius 3 is 3.07 bits per heavy atom. The number of hydrazine groups is 1. The minimum absolute atomic E-state index is 0.243. The quantitative estimate of drug-likeness (QED) is 0.500. The lowest BCUT2D eigenvalue weighted by Crippen LogP contribution is -2.56. The number of nitrogens with one attached hydrogen (secondary N) is 1. The number of nitrogens with two attached hydrogens (primary N) is 1. The van der Waals surface area contributed by atoms with Crippen molar-refractivity contribution in [2.24, 2.45) is 5.84 Å². The van der Waals surface area contributed by atoms with E-state index in [4.69, 9.17) is 10.6 Å². The maximum Gasteiger partial charge on any atom is 0.0648 e. The maximum atomic E-state index is 5.54. The molecule has 14 heavy (non-hydrogen) atoms. The number of rotatable bonds is 5. The SMILES string of the molecule is CCOCC(NN)C1CSCCN1C. The third-order valence-electron chi connectivity index (χ3n) is 2.62. The van der Waals surface area contributed by atoms with Crippen molar-refractivity contribution in [3.05, 3.63) is 0 Å². The molecule has 1 aliphatic rings. The predicted octanol–water partition coefficient (Wildman–Crippen LogP) is -0.0980. The monoisotopic (exact) mass is 219 g/mol. The maximum absolute atomic E-state index is 5.54. The summed E-state index contributed by atoms with van der Waals surface area (Å²) < 4.78 is 5.41. The van der Waals surface area contributed by atoms with Gasteiger partial charge in [0, 0.05) is 30.7 Å². The van der Waals surface area contributed by atoms with Crippen LogP contribution in [0.25, 0.3) is 0 Å². The molecule has 0 aromatic rings. The molecular formula is C9H21N3OS. The summed E-state index contributed by atoms with van der Waals surface area (Å²) in [6, 6.07) is 0.734. The third-order valence-corrected chi connectivity index (χ3v) is 3.67. The van der Waals surface area contributed by atoms with Crippen LogP contribution in [0.3, 0.4) is 0 Å². The van der Waals surface area contributed by atoms with Gasteiger partial charge in [0.2, 0.25) is 0 Å². The van der Waals surface area contributed by atoms with Gasteiger partial charge in [0.15, 0.2) is 0 Å². The Labute approximate surface area is 90.5 Å². The largest absolute Gasteiger partial charge is 0.380 e. The van der Waals surface area contributed by atoms with Crippen molar-refractivity contribution in [1.82, 2.24) is 10.3 Å². The highest BCUT2D eigenvalue weighted by Gasteiger charge is 2.27. The van der Waals surface area contributed by atoms with Crippen LogP contribution >= 0.6 is 11.8 Å². The molecule has 0 aliphatic carbocycles. The van der Waals surface area contributed by atoms with Gasteiger partial charge in [-0.05, 0) is 14.0 Å². The van der Waals surface area contributed by atoms with E-state index in [1.165, 1.54) is 5.75 Å². The first kappa shape index (κ1) is 12.3. The summed E-state index contributed by atoms with van der Waals surface area (Å²) >= 11 is 1.99. The van der Waals surface area contributed by atoms with E-state index in [0.717, 1.165) is 18.9 Å². The first-order valence-electron chi connectivity index (χ1n) is 5.11. The summed E-state index contributed by atoms with van der Waals surface area (Å²) in [5.74, 6) is 7.90. The van der Waals surface area contributed by atoms with Gasteiger partial charge in [-0.15, -0.1) is 0 Å². The number of thioether (sulfide) groups is 1. The zero-order valence-corrected chi connectivity index (χ0v) is 9.85. The van der Waals surface area contributed by atoms with E-state index in [0.29, 0.717) is 12.6 Å². The molecule has 2 unspecified atom stereocenters. The van der Waals surface area contributed by atoms with Crippen molar-refractivity contribution in [3.63, 3.8) is 0 Å². The Morgan fingerprint density at radius 1 is 1.71 bits per heavy atom. The van der Waals surface area contributed by atoms with Crippen LogP contribution < -0.4 is 11.3 Å². The molecule has 3 N–H and O–H groups in total. The molecular weight excluding hydrogens is 198 g/mol. The highest BCUT2D eigenvalue weighted by molar-refractivity contribution is 7.99. The van der Waals surface area contributed by atoms with Crippen LogP contribution in [-0.4, -0.2) is 55.3 Å². The van der Waals surface area contributed by atoms with Gasteiger partial charge in [0.25, 0.3) is 0 Å². The second-order valence-corrected chi connectivity index (χ2v) is 4.71. The Bertz CT molecular complexity index is 159. The molecule has 1 heterocycles. The second-order valence-electron chi connectivity index (χ2n) is 3.56. The van der Waals surface area contributed by atoms with Gasteiger partial charge in [-0.1, -0.05) is 0 Å². The second kappa shape index (κ2) is 6.63. The number of hydrogen-bond donors (Lipinski definition) is 2. The van der Waals surface area contributed by atoms with Crippen LogP contribution in [0.5, 0.6) is 0 Å². The fraction of sp³-hybridized carbons (Fsp3) is 1.00. The number of hydrogen-bond acceptors (Lipinski definition) is 5. The molecule has 0 bridgehead atoms. The summed E-state index contributed by atoms with van der Waals surface area (Å²) in [7, 11) is 2.15. The molecule has 0 radical (unpaired) electrons. The van der Waals surface area contributed by atoms with E-state index in [2.05, 4.69) is 17.4 Å². The molecule has 1 fully saturated rings. The van der Waals surface area contributed by atoms with E-state index < -0.39 is 0 Å². The molecule has 5 heteroatoms. The zero-order valence-electron chi connectivity index (χ0n) is 9.03. The molecule has 0 amide bonds. The Hall–Kier alpha value is 0.190. The third kappa shape index (κ3) is 3.40. The highest BCUT2D eigenvalue weighted by Crippen LogP contribution is 2.17. The van der Waals surface area contributed by atoms with E-state index in [9.17, 15) is 0 Å². The van der Waals surface area contributed by atoms with Crippen LogP contribution in [-0.2, 0) is 4.74 Å². The van der Waals surface area contributed by atoms with Crippen LogP contribution in [0.2, 0.25) is 0 Å². The van der Waals surface area contributed by atoms with Crippen LogP contribution in [0.15, 0.2) is 0 Å². The lowest BCUT2D eigenvalue weighted by Gasteiger charge is -2.37. The summed E-state index contributed by atoms with van der Waals surface area (Å²) in [6.45, 7) is 4.59. The van der Waals surface area contributed by atoms with Crippen LogP contribution in [0.4, 0.5) is 0 Å². The molecule has 0 aromatic carbocycles. The molecule has 1 aliphatic heterocycles. The van der Waals surface area contributed by atoms with Crippen molar-refractivity contribution in [1.29, 1.82) is 0 Å². The summed E-state index contributed by atoms with van der Waals surface area (Å²) in [5, 5.41) is 0. The molecule has 0 spiro atoms. The number of nitrogens with zero attached hydrogens (tertiary/aromatic N) is 1. The normalized spacial score (nSPS) is 26.4. The van der Waals surface area contributed by atoms with E-state index >= 15 is 0 Å². The van der Waals surface area contributed by atoms with Crippen LogP contribution in [0, 0.1) is 0 Å². The van der Waals surface area contributed by atoms with Gasteiger partial charge in [-0.2, -0.15) is 11.8 Å². The lowest BCUT2D eigenvalue weighted by molar-refractivity contribution is 0.0884. The number of likely N-dealkylation sites (N-methyl/N-ethyl adjacent to an activating group) is 1. The standard InChI is InChI=1S/C9H21N3OS/c1-3-13-6-8(11-10)9-7-14-5-4-12(9)2/h8-9,11H,3-7,10H2,1-2H3. The summed E-state index contributed by atoms with van der Waals surface area (Å²) in [6.07, 6.45) is 0. The van der Waals surface area contributed by atoms with E-state index in [1.807, 2.05) is 18.7 Å². The first-order chi connectivity index (χ1) is 6.79. The molecule has 2 atom stereocenters. The Morgan fingerprint density at radius 2 is 2.50 bits per heavy atom. The van der Waals surface area contributed by atoms with Crippen molar-refractivity contribution in [2.75, 3.05) is 38.3 Å². The topological polar surface area (TPSA) is 50.5 Å². The first-order valence-corrected chi connectivity index (χ1v) is 6.27.